The number of carbonyl (C=O) groups excluding carboxylic acids is 2. The third kappa shape index (κ3) is 1.64. The Balaban J connectivity index is 1.69. The number of rotatable bonds is 1. The summed E-state index contributed by atoms with van der Waals surface area (Å²) in [6, 6.07) is 9.12. The van der Waals surface area contributed by atoms with Gasteiger partial charge in [-0.05, 0) is 38.8 Å². The molecule has 21 heavy (non-hydrogen) atoms. The number of amides is 2. The molecule has 1 aromatic rings. The van der Waals surface area contributed by atoms with Crippen LogP contribution in [-0.4, -0.2) is 34.6 Å². The second-order valence-corrected chi connectivity index (χ2v) is 6.64. The monoisotopic (exact) mass is 286 g/mol. The minimum absolute atomic E-state index is 0.0233. The molecule has 0 N–H and O–H groups in total. The molecule has 0 saturated carbocycles. The van der Waals surface area contributed by atoms with Crippen LogP contribution in [0.2, 0.25) is 0 Å². The summed E-state index contributed by atoms with van der Waals surface area (Å²) in [6.45, 7) is 4.19. The molecular weight excluding hydrogens is 268 g/mol. The van der Waals surface area contributed by atoms with Gasteiger partial charge in [-0.15, -0.1) is 0 Å². The summed E-state index contributed by atoms with van der Waals surface area (Å²) in [5.74, 6) is -0.720. The van der Waals surface area contributed by atoms with Gasteiger partial charge in [-0.25, -0.2) is 4.90 Å². The molecule has 5 nitrogen and oxygen atoms in total. The Morgan fingerprint density at radius 3 is 2.57 bits per heavy atom. The second kappa shape index (κ2) is 4.15. The molecule has 0 aromatic heterocycles. The summed E-state index contributed by atoms with van der Waals surface area (Å²) in [7, 11) is 0. The Bertz CT molecular complexity index is 613. The van der Waals surface area contributed by atoms with E-state index in [1.54, 1.807) is 12.1 Å². The predicted molar refractivity (Wildman–Crippen MR) is 76.2 cm³/mol. The van der Waals surface area contributed by atoms with Gasteiger partial charge in [-0.3, -0.25) is 14.4 Å². The van der Waals surface area contributed by atoms with Crippen LogP contribution in [0.5, 0.6) is 0 Å². The highest BCUT2D eigenvalue weighted by atomic mass is 16.7. The average Bonchev–Trinajstić information content (AvgIpc) is 3.05. The molecule has 3 saturated heterocycles. The molecule has 0 radical (unpaired) electrons. The first-order valence-corrected chi connectivity index (χ1v) is 7.40. The van der Waals surface area contributed by atoms with Crippen LogP contribution >= 0.6 is 0 Å². The van der Waals surface area contributed by atoms with E-state index in [2.05, 4.69) is 13.8 Å². The molecule has 1 aromatic carbocycles. The number of para-hydroxylation sites is 1. The maximum absolute atomic E-state index is 12.7. The lowest BCUT2D eigenvalue weighted by Crippen LogP contribution is -2.44. The van der Waals surface area contributed by atoms with Crippen molar-refractivity contribution >= 4 is 17.5 Å². The largest absolute Gasteiger partial charge is 0.284 e. The van der Waals surface area contributed by atoms with Crippen molar-refractivity contribution in [3.63, 3.8) is 0 Å². The molecule has 110 valence electrons. The van der Waals surface area contributed by atoms with Crippen LogP contribution in [-0.2, 0) is 14.4 Å². The van der Waals surface area contributed by atoms with Crippen LogP contribution in [0.4, 0.5) is 5.69 Å². The first kappa shape index (κ1) is 13.0. The Morgan fingerprint density at radius 2 is 1.86 bits per heavy atom. The first-order chi connectivity index (χ1) is 10.0. The number of hydroxylamine groups is 2. The molecule has 0 aliphatic carbocycles. The van der Waals surface area contributed by atoms with E-state index < -0.39 is 6.10 Å². The van der Waals surface area contributed by atoms with Crippen molar-refractivity contribution in [3.8, 4) is 0 Å². The Hall–Kier alpha value is -1.72. The highest BCUT2D eigenvalue weighted by Crippen LogP contribution is 2.47. The lowest BCUT2D eigenvalue weighted by atomic mass is 9.95. The van der Waals surface area contributed by atoms with Crippen molar-refractivity contribution in [2.75, 3.05) is 4.90 Å². The number of carbonyl (C=O) groups is 2. The SMILES string of the molecule is CC1(C)CC[C@@H]2[C@@H]3C(=O)N(c4ccccc4)C(=O)[C@@H]3ON21. The van der Waals surface area contributed by atoms with Gasteiger partial charge in [0.2, 0.25) is 5.91 Å². The average molecular weight is 286 g/mol. The molecule has 3 aliphatic rings. The van der Waals surface area contributed by atoms with E-state index in [-0.39, 0.29) is 29.3 Å². The van der Waals surface area contributed by atoms with E-state index in [4.69, 9.17) is 4.84 Å². The number of anilines is 1. The molecule has 0 bridgehead atoms. The van der Waals surface area contributed by atoms with Crippen molar-refractivity contribution in [2.45, 2.75) is 44.4 Å². The van der Waals surface area contributed by atoms with Crippen molar-refractivity contribution in [3.05, 3.63) is 30.3 Å². The van der Waals surface area contributed by atoms with E-state index in [1.807, 2.05) is 23.3 Å². The molecule has 0 spiro atoms. The maximum Gasteiger partial charge on any atom is 0.265 e. The van der Waals surface area contributed by atoms with Crippen LogP contribution in [0.25, 0.3) is 0 Å². The van der Waals surface area contributed by atoms with Crippen LogP contribution in [0.15, 0.2) is 30.3 Å². The highest BCUT2D eigenvalue weighted by Gasteiger charge is 2.63. The molecule has 4 rings (SSSR count). The summed E-state index contributed by atoms with van der Waals surface area (Å²) in [5.41, 5.74) is 0.530. The molecule has 3 fully saturated rings. The Kier molecular flexibility index (Phi) is 2.56. The van der Waals surface area contributed by atoms with Crippen LogP contribution in [0.1, 0.15) is 26.7 Å². The minimum atomic E-state index is -0.651. The zero-order chi connectivity index (χ0) is 14.8. The lowest BCUT2D eigenvalue weighted by Gasteiger charge is -2.30. The van der Waals surface area contributed by atoms with E-state index >= 15 is 0 Å². The van der Waals surface area contributed by atoms with Crippen LogP contribution < -0.4 is 4.90 Å². The normalized spacial score (nSPS) is 34.4. The number of fused-ring (bicyclic) bond motifs is 3. The first-order valence-electron chi connectivity index (χ1n) is 7.40. The Labute approximate surface area is 123 Å². The minimum Gasteiger partial charge on any atom is -0.284 e. The van der Waals surface area contributed by atoms with Gasteiger partial charge in [0.05, 0.1) is 17.6 Å². The lowest BCUT2D eigenvalue weighted by molar-refractivity contribution is -0.198. The summed E-state index contributed by atoms with van der Waals surface area (Å²) in [5, 5.41) is 1.89. The predicted octanol–water partition coefficient (Wildman–Crippen LogP) is 1.73. The van der Waals surface area contributed by atoms with E-state index in [9.17, 15) is 9.59 Å². The molecule has 5 heteroatoms. The molecular formula is C16H18N2O3. The van der Waals surface area contributed by atoms with Gasteiger partial charge in [0, 0.05) is 5.54 Å². The van der Waals surface area contributed by atoms with Crippen LogP contribution in [0.3, 0.4) is 0 Å². The van der Waals surface area contributed by atoms with Gasteiger partial charge < -0.3 is 0 Å². The van der Waals surface area contributed by atoms with E-state index in [0.29, 0.717) is 5.69 Å². The standard InChI is InChI=1S/C16H18N2O3/c1-16(2)9-8-11-12-13(21-18(11)16)15(20)17(14(12)19)10-6-4-3-5-7-10/h3-7,11-13H,8-9H2,1-2H3/t11-,12+,13-/m1/s1. The van der Waals surface area contributed by atoms with Crippen molar-refractivity contribution < 1.29 is 14.4 Å². The van der Waals surface area contributed by atoms with Gasteiger partial charge in [-0.1, -0.05) is 18.2 Å². The fourth-order valence-electron chi connectivity index (χ4n) is 3.82. The molecule has 0 unspecified atom stereocenters. The number of imide groups is 1. The second-order valence-electron chi connectivity index (χ2n) is 6.64. The van der Waals surface area contributed by atoms with Gasteiger partial charge >= 0.3 is 0 Å². The maximum atomic E-state index is 12.7. The summed E-state index contributed by atoms with van der Waals surface area (Å²) in [6.07, 6.45) is 1.23. The van der Waals surface area contributed by atoms with Crippen molar-refractivity contribution in [1.29, 1.82) is 0 Å². The molecule has 2 amide bonds. The fraction of sp³-hybridized carbons (Fsp3) is 0.500. The highest BCUT2D eigenvalue weighted by molar-refractivity contribution is 6.23. The number of nitrogens with zero attached hydrogens (tertiary/aromatic N) is 2. The van der Waals surface area contributed by atoms with E-state index in [0.717, 1.165) is 12.8 Å². The van der Waals surface area contributed by atoms with Gasteiger partial charge in [-0.2, -0.15) is 5.06 Å². The molecule has 3 aliphatic heterocycles. The topological polar surface area (TPSA) is 49.9 Å². The summed E-state index contributed by atoms with van der Waals surface area (Å²) >= 11 is 0. The molecule has 3 heterocycles. The van der Waals surface area contributed by atoms with Gasteiger partial charge in [0.25, 0.3) is 5.91 Å². The quantitative estimate of drug-likeness (QED) is 0.738. The fourth-order valence-corrected chi connectivity index (χ4v) is 3.82. The summed E-state index contributed by atoms with van der Waals surface area (Å²) < 4.78 is 0. The zero-order valence-electron chi connectivity index (χ0n) is 12.2. The van der Waals surface area contributed by atoms with Crippen molar-refractivity contribution in [1.82, 2.24) is 5.06 Å². The zero-order valence-corrected chi connectivity index (χ0v) is 12.2. The van der Waals surface area contributed by atoms with Gasteiger partial charge in [0.15, 0.2) is 6.10 Å². The van der Waals surface area contributed by atoms with E-state index in [1.165, 1.54) is 4.90 Å². The van der Waals surface area contributed by atoms with Gasteiger partial charge in [0.1, 0.15) is 0 Å². The smallest absolute Gasteiger partial charge is 0.265 e. The number of benzene rings is 1. The molecule has 3 atom stereocenters. The third-order valence-corrected chi connectivity index (χ3v) is 4.90. The van der Waals surface area contributed by atoms with Crippen molar-refractivity contribution in [2.24, 2.45) is 5.92 Å². The third-order valence-electron chi connectivity index (χ3n) is 4.90. The Morgan fingerprint density at radius 1 is 1.14 bits per heavy atom. The number of hydrogen-bond donors (Lipinski definition) is 0. The number of hydrogen-bond acceptors (Lipinski definition) is 4. The van der Waals surface area contributed by atoms with Crippen LogP contribution in [0, 0.1) is 5.92 Å². The summed E-state index contributed by atoms with van der Waals surface area (Å²) in [4.78, 5) is 32.5.